The second-order valence-corrected chi connectivity index (χ2v) is 7.25. The van der Waals surface area contributed by atoms with Gasteiger partial charge in [0, 0.05) is 21.3 Å². The molecule has 1 heterocycles. The van der Waals surface area contributed by atoms with Crippen molar-refractivity contribution in [3.8, 4) is 0 Å². The summed E-state index contributed by atoms with van der Waals surface area (Å²) in [6, 6.07) is 18.6. The fraction of sp³-hybridized carbons (Fsp3) is 0.167. The van der Waals surface area contributed by atoms with Crippen LogP contribution >= 0.6 is 27.9 Å². The molecule has 1 N–H and O–H groups in total. The van der Waals surface area contributed by atoms with Gasteiger partial charge in [0.1, 0.15) is 0 Å². The quantitative estimate of drug-likeness (QED) is 0.610. The molecule has 3 rings (SSSR count). The van der Waals surface area contributed by atoms with Crippen LogP contribution in [-0.4, -0.2) is 24.0 Å². The summed E-state index contributed by atoms with van der Waals surface area (Å²) in [5.74, 6) is 0. The number of hydrogen-bond donors (Lipinski definition) is 1. The Hall–Kier alpha value is -1.56. The molecule has 118 valence electrons. The monoisotopic (exact) mass is 387 g/mol. The molecule has 0 unspecified atom stereocenters. The Morgan fingerprint density at radius 1 is 1.04 bits per heavy atom. The summed E-state index contributed by atoms with van der Waals surface area (Å²) in [5.41, 5.74) is 3.11. The number of anilines is 1. The van der Waals surface area contributed by atoms with Crippen LogP contribution in [0.2, 0.25) is 0 Å². The summed E-state index contributed by atoms with van der Waals surface area (Å²) in [6.07, 6.45) is 0. The van der Waals surface area contributed by atoms with Crippen LogP contribution in [0, 0.1) is 0 Å². The first-order valence-corrected chi connectivity index (χ1v) is 8.95. The zero-order valence-electron chi connectivity index (χ0n) is 13.1. The molecule has 0 aliphatic rings. The topological polar surface area (TPSA) is 28.2 Å². The van der Waals surface area contributed by atoms with E-state index in [2.05, 4.69) is 76.0 Å². The molecule has 0 saturated carbocycles. The van der Waals surface area contributed by atoms with Crippen molar-refractivity contribution in [2.24, 2.45) is 0 Å². The minimum atomic E-state index is 0.835. The summed E-state index contributed by atoms with van der Waals surface area (Å²) in [7, 11) is 4.11. The van der Waals surface area contributed by atoms with Gasteiger partial charge in [-0.2, -0.15) is 0 Å². The Bertz CT molecular complexity index is 820. The average Bonchev–Trinajstić information content (AvgIpc) is 2.53. The van der Waals surface area contributed by atoms with Gasteiger partial charge in [-0.1, -0.05) is 30.3 Å². The van der Waals surface area contributed by atoms with Crippen molar-refractivity contribution in [1.82, 2.24) is 9.88 Å². The fourth-order valence-electron chi connectivity index (χ4n) is 2.32. The summed E-state index contributed by atoms with van der Waals surface area (Å²) in [6.45, 7) is 0.835. The van der Waals surface area contributed by atoms with Crippen LogP contribution in [0.15, 0.2) is 64.0 Å². The number of rotatable bonds is 5. The minimum Gasteiger partial charge on any atom is -0.324 e. The smallest absolute Gasteiger partial charge is 0.0945 e. The molecule has 3 nitrogen and oxygen atoms in total. The first-order valence-electron chi connectivity index (χ1n) is 7.34. The molecular formula is C18H18BrN3S. The lowest BCUT2D eigenvalue weighted by molar-refractivity contribution is 0.397. The Balaban J connectivity index is 1.89. The number of fused-ring (bicyclic) bond motifs is 1. The second-order valence-electron chi connectivity index (χ2n) is 5.55. The van der Waals surface area contributed by atoms with Crippen LogP contribution in [-0.2, 0) is 6.54 Å². The lowest BCUT2D eigenvalue weighted by atomic mass is 10.2. The van der Waals surface area contributed by atoms with Crippen molar-refractivity contribution >= 4 is 44.5 Å². The van der Waals surface area contributed by atoms with Crippen LogP contribution in [0.1, 0.15) is 5.69 Å². The molecule has 0 fully saturated rings. The third kappa shape index (κ3) is 4.05. The highest BCUT2D eigenvalue weighted by Gasteiger charge is 2.06. The summed E-state index contributed by atoms with van der Waals surface area (Å²) >= 11 is 5.16. The molecule has 2 aromatic carbocycles. The Morgan fingerprint density at radius 2 is 1.87 bits per heavy atom. The van der Waals surface area contributed by atoms with Crippen LogP contribution in [0.25, 0.3) is 10.9 Å². The number of hydrogen-bond acceptors (Lipinski definition) is 4. The van der Waals surface area contributed by atoms with E-state index in [0.29, 0.717) is 0 Å². The normalized spacial score (nSPS) is 11.1. The molecule has 0 amide bonds. The molecule has 23 heavy (non-hydrogen) atoms. The molecule has 0 bridgehead atoms. The summed E-state index contributed by atoms with van der Waals surface area (Å²) in [5, 5.41) is 1.14. The van der Waals surface area contributed by atoms with E-state index < -0.39 is 0 Å². The van der Waals surface area contributed by atoms with Gasteiger partial charge in [-0.3, -0.25) is 0 Å². The van der Waals surface area contributed by atoms with Gasteiger partial charge in [-0.05, 0) is 66.2 Å². The van der Waals surface area contributed by atoms with Crippen molar-refractivity contribution < 1.29 is 0 Å². The Labute approximate surface area is 149 Å². The second kappa shape index (κ2) is 7.34. The highest BCUT2D eigenvalue weighted by molar-refractivity contribution is 9.10. The molecule has 3 aromatic rings. The van der Waals surface area contributed by atoms with E-state index >= 15 is 0 Å². The largest absolute Gasteiger partial charge is 0.324 e. The summed E-state index contributed by atoms with van der Waals surface area (Å²) in [4.78, 5) is 8.09. The van der Waals surface area contributed by atoms with Crippen molar-refractivity contribution in [1.29, 1.82) is 0 Å². The van der Waals surface area contributed by atoms with Gasteiger partial charge in [-0.15, -0.1) is 0 Å². The number of aromatic nitrogens is 1. The van der Waals surface area contributed by atoms with Gasteiger partial charge >= 0.3 is 0 Å². The van der Waals surface area contributed by atoms with E-state index in [-0.39, 0.29) is 0 Å². The number of nitrogens with one attached hydrogen (secondary N) is 1. The van der Waals surface area contributed by atoms with E-state index in [1.54, 1.807) is 11.9 Å². The average molecular weight is 388 g/mol. The SMILES string of the molecule is CN(C)Cc1ccc2cccc(NSc3ccccc3Br)c2n1. The zero-order chi connectivity index (χ0) is 16.2. The Kier molecular flexibility index (Phi) is 5.20. The van der Waals surface area contributed by atoms with E-state index in [4.69, 9.17) is 4.98 Å². The third-order valence-electron chi connectivity index (χ3n) is 3.36. The maximum absolute atomic E-state index is 4.82. The molecule has 0 aliphatic heterocycles. The number of benzene rings is 2. The van der Waals surface area contributed by atoms with Gasteiger partial charge in [0.25, 0.3) is 0 Å². The molecule has 0 atom stereocenters. The van der Waals surface area contributed by atoms with Crippen molar-refractivity contribution in [3.05, 3.63) is 64.8 Å². The minimum absolute atomic E-state index is 0.835. The molecular weight excluding hydrogens is 370 g/mol. The van der Waals surface area contributed by atoms with Gasteiger partial charge < -0.3 is 9.62 Å². The number of para-hydroxylation sites is 1. The van der Waals surface area contributed by atoms with Crippen molar-refractivity contribution in [3.63, 3.8) is 0 Å². The fourth-order valence-corrected chi connectivity index (χ4v) is 3.54. The van der Waals surface area contributed by atoms with Crippen LogP contribution in [0.5, 0.6) is 0 Å². The molecule has 0 saturated heterocycles. The highest BCUT2D eigenvalue weighted by Crippen LogP contribution is 2.30. The van der Waals surface area contributed by atoms with E-state index in [1.807, 2.05) is 18.2 Å². The van der Waals surface area contributed by atoms with Crippen LogP contribution < -0.4 is 4.72 Å². The van der Waals surface area contributed by atoms with Gasteiger partial charge in [-0.25, -0.2) is 4.98 Å². The van der Waals surface area contributed by atoms with E-state index in [0.717, 1.165) is 38.2 Å². The van der Waals surface area contributed by atoms with Crippen molar-refractivity contribution in [2.45, 2.75) is 11.4 Å². The van der Waals surface area contributed by atoms with Crippen LogP contribution in [0.3, 0.4) is 0 Å². The molecule has 0 radical (unpaired) electrons. The zero-order valence-corrected chi connectivity index (χ0v) is 15.5. The Morgan fingerprint density at radius 3 is 2.65 bits per heavy atom. The summed E-state index contributed by atoms with van der Waals surface area (Å²) < 4.78 is 4.52. The van der Waals surface area contributed by atoms with Gasteiger partial charge in [0.05, 0.1) is 16.9 Å². The highest BCUT2D eigenvalue weighted by atomic mass is 79.9. The third-order valence-corrected chi connectivity index (χ3v) is 5.22. The maximum Gasteiger partial charge on any atom is 0.0945 e. The first kappa shape index (κ1) is 16.3. The standard InChI is InChI=1S/C18H18BrN3S/c1-22(2)12-14-11-10-13-6-5-8-16(18(13)20-14)21-23-17-9-4-3-7-15(17)19/h3-11,21H,12H2,1-2H3. The lowest BCUT2D eigenvalue weighted by Crippen LogP contribution is -2.11. The molecule has 5 heteroatoms. The van der Waals surface area contributed by atoms with Gasteiger partial charge in [0.15, 0.2) is 0 Å². The van der Waals surface area contributed by atoms with Gasteiger partial charge in [0.2, 0.25) is 0 Å². The predicted molar refractivity (Wildman–Crippen MR) is 103 cm³/mol. The number of pyridine rings is 1. The predicted octanol–water partition coefficient (Wildman–Crippen LogP) is 5.18. The van der Waals surface area contributed by atoms with E-state index in [1.165, 1.54) is 0 Å². The lowest BCUT2D eigenvalue weighted by Gasteiger charge is -2.12. The molecule has 1 aromatic heterocycles. The van der Waals surface area contributed by atoms with E-state index in [9.17, 15) is 0 Å². The first-order chi connectivity index (χ1) is 11.1. The molecule has 0 aliphatic carbocycles. The molecule has 0 spiro atoms. The van der Waals surface area contributed by atoms with Crippen LogP contribution in [0.4, 0.5) is 5.69 Å². The number of halogens is 1. The maximum atomic E-state index is 4.82. The van der Waals surface area contributed by atoms with Crippen molar-refractivity contribution in [2.75, 3.05) is 18.8 Å². The number of nitrogens with zero attached hydrogens (tertiary/aromatic N) is 2.